The maximum Gasteiger partial charge on any atom is 0.291 e. The van der Waals surface area contributed by atoms with E-state index in [-0.39, 0.29) is 11.9 Å². The van der Waals surface area contributed by atoms with Gasteiger partial charge in [0, 0.05) is 31.8 Å². The van der Waals surface area contributed by atoms with Crippen molar-refractivity contribution < 1.29 is 9.66 Å². The molecule has 1 atom stereocenters. The number of nitrogens with one attached hydrogen (secondary N) is 2. The summed E-state index contributed by atoms with van der Waals surface area (Å²) in [5, 5.41) is 3.39. The molecule has 1 saturated carbocycles. The molecule has 33 heavy (non-hydrogen) atoms. The molecule has 1 amide bonds. The SMILES string of the molecule is CN[N+](=O)c1ccc(C(C)Nc2ncc3c(n2)N(C2CCCC2)CC(C)(C)C(=O)N3C)cc1. The molecule has 0 spiro atoms. The number of aromatic nitrogens is 2. The molecular weight excluding hydrogens is 418 g/mol. The first kappa shape index (κ1) is 22.9. The molecule has 176 valence electrons. The van der Waals surface area contributed by atoms with Gasteiger partial charge in [-0.2, -0.15) is 4.98 Å². The second kappa shape index (κ2) is 8.96. The van der Waals surface area contributed by atoms with Crippen LogP contribution in [0.4, 0.5) is 23.1 Å². The average Bonchev–Trinajstić information content (AvgIpc) is 3.33. The zero-order chi connectivity index (χ0) is 23.8. The van der Waals surface area contributed by atoms with Crippen molar-refractivity contribution in [2.75, 3.05) is 35.8 Å². The molecule has 1 aliphatic carbocycles. The Hall–Kier alpha value is -3.23. The number of fused-ring (bicyclic) bond motifs is 1. The molecule has 9 nitrogen and oxygen atoms in total. The molecule has 2 aliphatic rings. The number of hydrogen-bond acceptors (Lipinski definition) is 6. The Morgan fingerprint density at radius 2 is 1.85 bits per heavy atom. The van der Waals surface area contributed by atoms with E-state index in [1.54, 1.807) is 30.3 Å². The number of hydrazine groups is 1. The van der Waals surface area contributed by atoms with Crippen molar-refractivity contribution >= 4 is 29.0 Å². The Labute approximate surface area is 195 Å². The second-order valence-electron chi connectivity index (χ2n) is 9.69. The van der Waals surface area contributed by atoms with E-state index >= 15 is 0 Å². The molecular formula is C24H34N7O2+. The van der Waals surface area contributed by atoms with Gasteiger partial charge in [0.2, 0.25) is 11.9 Å². The minimum absolute atomic E-state index is 0.0618. The van der Waals surface area contributed by atoms with E-state index in [2.05, 4.69) is 20.6 Å². The highest BCUT2D eigenvalue weighted by Gasteiger charge is 2.41. The van der Waals surface area contributed by atoms with E-state index in [1.807, 2.05) is 40.0 Å². The summed E-state index contributed by atoms with van der Waals surface area (Å²) >= 11 is 0. The van der Waals surface area contributed by atoms with E-state index in [0.29, 0.717) is 29.1 Å². The van der Waals surface area contributed by atoms with Gasteiger partial charge in [0.15, 0.2) is 10.7 Å². The molecule has 2 N–H and O–H groups in total. The number of nitrogens with zero attached hydrogens (tertiary/aromatic N) is 5. The number of carbonyl (C=O) groups excluding carboxylic acids is 1. The monoisotopic (exact) mass is 452 g/mol. The van der Waals surface area contributed by atoms with Crippen molar-refractivity contribution in [2.45, 2.75) is 58.5 Å². The summed E-state index contributed by atoms with van der Waals surface area (Å²) in [7, 11) is 3.40. The maximum atomic E-state index is 13.1. The van der Waals surface area contributed by atoms with E-state index < -0.39 is 5.41 Å². The predicted molar refractivity (Wildman–Crippen MR) is 130 cm³/mol. The summed E-state index contributed by atoms with van der Waals surface area (Å²) in [5.74, 6) is 1.42. The third-order valence-electron chi connectivity index (χ3n) is 6.77. The van der Waals surface area contributed by atoms with Crippen LogP contribution in [0.15, 0.2) is 30.5 Å². The zero-order valence-corrected chi connectivity index (χ0v) is 20.1. The van der Waals surface area contributed by atoms with Crippen LogP contribution in [0.2, 0.25) is 0 Å². The molecule has 1 aromatic heterocycles. The molecule has 2 aromatic rings. The highest BCUT2D eigenvalue weighted by Crippen LogP contribution is 2.40. The molecule has 0 radical (unpaired) electrons. The zero-order valence-electron chi connectivity index (χ0n) is 20.1. The van der Waals surface area contributed by atoms with Crippen molar-refractivity contribution in [1.82, 2.24) is 15.4 Å². The fourth-order valence-electron chi connectivity index (χ4n) is 4.84. The molecule has 1 aromatic carbocycles. The third kappa shape index (κ3) is 4.49. The van der Waals surface area contributed by atoms with Crippen molar-refractivity contribution in [2.24, 2.45) is 5.41 Å². The lowest BCUT2D eigenvalue weighted by Crippen LogP contribution is -2.45. The average molecular weight is 453 g/mol. The smallest absolute Gasteiger partial charge is 0.291 e. The molecule has 1 unspecified atom stereocenters. The Kier molecular flexibility index (Phi) is 6.23. The lowest BCUT2D eigenvalue weighted by Gasteiger charge is -2.34. The number of hydrogen-bond donors (Lipinski definition) is 2. The first-order valence-corrected chi connectivity index (χ1v) is 11.6. The van der Waals surface area contributed by atoms with Gasteiger partial charge in [0.05, 0.1) is 29.6 Å². The summed E-state index contributed by atoms with van der Waals surface area (Å²) in [6.45, 7) is 6.69. The van der Waals surface area contributed by atoms with Crippen LogP contribution in [0.3, 0.4) is 0 Å². The molecule has 9 heteroatoms. The highest BCUT2D eigenvalue weighted by molar-refractivity contribution is 6.00. The van der Waals surface area contributed by atoms with Gasteiger partial charge in [0.25, 0.3) is 5.69 Å². The van der Waals surface area contributed by atoms with Crippen LogP contribution >= 0.6 is 0 Å². The van der Waals surface area contributed by atoms with Crippen molar-refractivity contribution in [3.05, 3.63) is 40.9 Å². The standard InChI is InChI=1S/C24H34N7O2/c1-16(17-10-12-19(13-11-17)31(33)25-4)27-23-26-14-20-21(28-23)30(18-8-6-7-9-18)15-24(2,3)22(32)29(20)5/h10-14,16,18H,6-9,15H2,1-5H3,(H,25,33)(H,26,27,28)/q+1. The minimum atomic E-state index is -0.510. The highest BCUT2D eigenvalue weighted by atomic mass is 16.3. The summed E-state index contributed by atoms with van der Waals surface area (Å²) < 4.78 is 0. The van der Waals surface area contributed by atoms with Gasteiger partial charge in [-0.15, -0.1) is 5.43 Å². The molecule has 2 heterocycles. The van der Waals surface area contributed by atoms with E-state index in [9.17, 15) is 9.70 Å². The summed E-state index contributed by atoms with van der Waals surface area (Å²) in [6, 6.07) is 7.71. The normalized spacial score (nSPS) is 19.1. The minimum Gasteiger partial charge on any atom is -0.351 e. The number of carbonyl (C=O) groups is 1. The van der Waals surface area contributed by atoms with Gasteiger partial charge < -0.3 is 15.1 Å². The van der Waals surface area contributed by atoms with Crippen LogP contribution in [0, 0.1) is 10.3 Å². The second-order valence-corrected chi connectivity index (χ2v) is 9.69. The van der Waals surface area contributed by atoms with Crippen LogP contribution in [0.1, 0.15) is 58.1 Å². The van der Waals surface area contributed by atoms with Gasteiger partial charge in [0.1, 0.15) is 5.69 Å². The topological polar surface area (TPSA) is 93.5 Å². The molecule has 1 aliphatic heterocycles. The van der Waals surface area contributed by atoms with E-state index in [1.165, 1.54) is 12.8 Å². The van der Waals surface area contributed by atoms with Crippen LogP contribution in [-0.2, 0) is 4.79 Å². The van der Waals surface area contributed by atoms with E-state index in [0.717, 1.165) is 29.9 Å². The number of amides is 1. The van der Waals surface area contributed by atoms with Crippen LogP contribution in [-0.4, -0.2) is 47.4 Å². The molecule has 1 fully saturated rings. The Bertz CT molecular complexity index is 1030. The molecule has 0 saturated heterocycles. The Morgan fingerprint density at radius 1 is 1.18 bits per heavy atom. The van der Waals surface area contributed by atoms with Crippen LogP contribution < -0.4 is 20.5 Å². The number of nitroso groups, excluding NO2 is 1. The lowest BCUT2D eigenvalue weighted by atomic mass is 9.91. The first-order valence-electron chi connectivity index (χ1n) is 11.6. The largest absolute Gasteiger partial charge is 0.351 e. The van der Waals surface area contributed by atoms with Gasteiger partial charge in [-0.05, 0) is 39.2 Å². The maximum absolute atomic E-state index is 13.1. The lowest BCUT2D eigenvalue weighted by molar-refractivity contribution is -0.522. The fraction of sp³-hybridized carbons (Fsp3) is 0.542. The van der Waals surface area contributed by atoms with Gasteiger partial charge in [-0.1, -0.05) is 25.0 Å². The van der Waals surface area contributed by atoms with Gasteiger partial charge in [-0.3, -0.25) is 4.79 Å². The van der Waals surface area contributed by atoms with Crippen molar-refractivity contribution in [3.63, 3.8) is 0 Å². The summed E-state index contributed by atoms with van der Waals surface area (Å²) in [4.78, 5) is 39.1. The van der Waals surface area contributed by atoms with Gasteiger partial charge >= 0.3 is 0 Å². The quantitative estimate of drug-likeness (QED) is 0.506. The van der Waals surface area contributed by atoms with Crippen LogP contribution in [0.25, 0.3) is 0 Å². The van der Waals surface area contributed by atoms with Gasteiger partial charge in [-0.25, -0.2) is 4.98 Å². The first-order chi connectivity index (χ1) is 15.7. The predicted octanol–water partition coefficient (Wildman–Crippen LogP) is 3.95. The third-order valence-corrected chi connectivity index (χ3v) is 6.77. The Balaban J connectivity index is 1.63. The van der Waals surface area contributed by atoms with Crippen molar-refractivity contribution in [3.8, 4) is 0 Å². The number of benzene rings is 1. The number of anilines is 3. The number of rotatable bonds is 6. The van der Waals surface area contributed by atoms with Crippen molar-refractivity contribution in [1.29, 1.82) is 0 Å². The molecule has 4 rings (SSSR count). The molecule has 0 bridgehead atoms. The van der Waals surface area contributed by atoms with E-state index in [4.69, 9.17) is 4.98 Å². The Morgan fingerprint density at radius 3 is 2.48 bits per heavy atom. The van der Waals surface area contributed by atoms with Crippen LogP contribution in [0.5, 0.6) is 0 Å². The summed E-state index contributed by atoms with van der Waals surface area (Å²) in [5.41, 5.74) is 4.35. The fourth-order valence-corrected chi connectivity index (χ4v) is 4.84. The summed E-state index contributed by atoms with van der Waals surface area (Å²) in [6.07, 6.45) is 6.40.